The lowest BCUT2D eigenvalue weighted by atomic mass is 10.0. The number of anilines is 3. The molecule has 0 N–H and O–H groups in total. The topological polar surface area (TPSA) is 34.5 Å². The molecule has 0 fully saturated rings. The van der Waals surface area contributed by atoms with Crippen molar-refractivity contribution in [1.82, 2.24) is 4.57 Å². The summed E-state index contributed by atoms with van der Waals surface area (Å²) in [6.45, 7) is 0. The molecule has 4 heteroatoms. The zero-order valence-corrected chi connectivity index (χ0v) is 33.5. The molecule has 0 bridgehead atoms. The number of hydrogen-bond acceptors (Lipinski definition) is 3. The number of furan rings is 2. The highest BCUT2D eigenvalue weighted by Crippen LogP contribution is 2.46. The third kappa shape index (κ3) is 5.27. The lowest BCUT2D eigenvalue weighted by molar-refractivity contribution is 0.669. The van der Waals surface area contributed by atoms with E-state index in [1.165, 1.54) is 32.6 Å². The van der Waals surface area contributed by atoms with E-state index in [0.717, 1.165) is 88.9 Å². The van der Waals surface area contributed by atoms with Gasteiger partial charge in [-0.2, -0.15) is 0 Å². The van der Waals surface area contributed by atoms with Crippen molar-refractivity contribution in [3.05, 3.63) is 218 Å². The molecule has 0 saturated heterocycles. The van der Waals surface area contributed by atoms with Crippen LogP contribution in [0.5, 0.6) is 0 Å². The second-order valence-corrected chi connectivity index (χ2v) is 16.0. The second-order valence-electron chi connectivity index (χ2n) is 16.0. The van der Waals surface area contributed by atoms with Crippen LogP contribution in [0.2, 0.25) is 0 Å². The number of benzene rings is 10. The molecule has 0 unspecified atom stereocenters. The molecule has 3 heterocycles. The van der Waals surface area contributed by atoms with E-state index in [-0.39, 0.29) is 0 Å². The molecule has 62 heavy (non-hydrogen) atoms. The molecule has 13 aromatic rings. The van der Waals surface area contributed by atoms with Crippen molar-refractivity contribution in [2.24, 2.45) is 0 Å². The molecular formula is C58H36N2O2. The zero-order valence-electron chi connectivity index (χ0n) is 33.5. The van der Waals surface area contributed by atoms with Crippen LogP contribution in [0, 0.1) is 0 Å². The van der Waals surface area contributed by atoms with Gasteiger partial charge < -0.3 is 18.3 Å². The van der Waals surface area contributed by atoms with E-state index in [1.54, 1.807) is 0 Å². The van der Waals surface area contributed by atoms with Crippen LogP contribution in [-0.4, -0.2) is 4.57 Å². The first kappa shape index (κ1) is 34.5. The fourth-order valence-electron chi connectivity index (χ4n) is 9.75. The molecule has 0 spiro atoms. The summed E-state index contributed by atoms with van der Waals surface area (Å²) in [4.78, 5) is 2.33. The minimum Gasteiger partial charge on any atom is -0.456 e. The summed E-state index contributed by atoms with van der Waals surface area (Å²) in [7, 11) is 0. The van der Waals surface area contributed by atoms with Gasteiger partial charge in [0.1, 0.15) is 22.3 Å². The van der Waals surface area contributed by atoms with Gasteiger partial charge in [-0.25, -0.2) is 0 Å². The Morgan fingerprint density at radius 2 is 1.05 bits per heavy atom. The average molecular weight is 793 g/mol. The Bertz CT molecular complexity index is 3860. The number of hydrogen-bond donors (Lipinski definition) is 0. The molecule has 0 aliphatic rings. The van der Waals surface area contributed by atoms with Gasteiger partial charge in [0.05, 0.1) is 22.1 Å². The summed E-state index contributed by atoms with van der Waals surface area (Å²) < 4.78 is 15.7. The van der Waals surface area contributed by atoms with Crippen LogP contribution >= 0.6 is 0 Å². The maximum absolute atomic E-state index is 6.80. The molecule has 4 nitrogen and oxygen atoms in total. The van der Waals surface area contributed by atoms with E-state index in [0.29, 0.717) is 0 Å². The molecular weight excluding hydrogens is 757 g/mol. The predicted molar refractivity (Wildman–Crippen MR) is 258 cm³/mol. The van der Waals surface area contributed by atoms with E-state index in [1.807, 2.05) is 18.2 Å². The fraction of sp³-hybridized carbons (Fsp3) is 0. The van der Waals surface area contributed by atoms with Gasteiger partial charge in [-0.15, -0.1) is 0 Å². The molecule has 10 aromatic carbocycles. The van der Waals surface area contributed by atoms with Crippen molar-refractivity contribution in [3.8, 4) is 27.9 Å². The SMILES string of the molecule is c1ccc(-c2cccc3c2oc2cc(N(c4ccc(-c5ccc6c7ccc8ccccc8c7n(-c7ccccc7)c6c5)cc4)c4cccc5oc6ccccc6c45)ccc23)cc1. The Hall–Kier alpha value is -8.34. The molecule has 0 aliphatic carbocycles. The van der Waals surface area contributed by atoms with Gasteiger partial charge in [-0.3, -0.25) is 0 Å². The van der Waals surface area contributed by atoms with E-state index in [4.69, 9.17) is 8.83 Å². The van der Waals surface area contributed by atoms with Gasteiger partial charge in [0, 0.05) is 61.0 Å². The molecule has 3 aromatic heterocycles. The molecule has 0 atom stereocenters. The Labute approximate surface area is 356 Å². The lowest BCUT2D eigenvalue weighted by Gasteiger charge is -2.26. The normalized spacial score (nSPS) is 11.9. The van der Waals surface area contributed by atoms with Gasteiger partial charge in [-0.05, 0) is 82.7 Å². The van der Waals surface area contributed by atoms with Crippen molar-refractivity contribution in [3.63, 3.8) is 0 Å². The van der Waals surface area contributed by atoms with Crippen LogP contribution in [0.4, 0.5) is 17.1 Å². The number of aromatic nitrogens is 1. The third-order valence-corrected chi connectivity index (χ3v) is 12.6. The smallest absolute Gasteiger partial charge is 0.143 e. The van der Waals surface area contributed by atoms with Gasteiger partial charge in [0.2, 0.25) is 0 Å². The minimum atomic E-state index is 0.835. The quantitative estimate of drug-likeness (QED) is 0.168. The first-order chi connectivity index (χ1) is 30.7. The number of rotatable bonds is 6. The Morgan fingerprint density at radius 1 is 0.371 bits per heavy atom. The van der Waals surface area contributed by atoms with E-state index in [9.17, 15) is 0 Å². The van der Waals surface area contributed by atoms with Gasteiger partial charge in [0.25, 0.3) is 0 Å². The van der Waals surface area contributed by atoms with Crippen molar-refractivity contribution < 1.29 is 8.83 Å². The average Bonchev–Trinajstić information content (AvgIpc) is 4.02. The zero-order chi connectivity index (χ0) is 40.7. The van der Waals surface area contributed by atoms with Crippen molar-refractivity contribution in [2.75, 3.05) is 4.90 Å². The Kier molecular flexibility index (Phi) is 7.57. The molecule has 0 aliphatic heterocycles. The van der Waals surface area contributed by atoms with Crippen LogP contribution in [0.25, 0.3) is 104 Å². The Balaban J connectivity index is 0.984. The monoisotopic (exact) mass is 792 g/mol. The molecule has 13 rings (SSSR count). The highest BCUT2D eigenvalue weighted by atomic mass is 16.3. The third-order valence-electron chi connectivity index (χ3n) is 12.6. The summed E-state index contributed by atoms with van der Waals surface area (Å²) in [6, 6.07) is 77.9. The molecule has 290 valence electrons. The molecule has 0 radical (unpaired) electrons. The highest BCUT2D eigenvalue weighted by molar-refractivity contribution is 6.19. The Morgan fingerprint density at radius 3 is 1.92 bits per heavy atom. The van der Waals surface area contributed by atoms with Crippen molar-refractivity contribution in [1.29, 1.82) is 0 Å². The van der Waals surface area contributed by atoms with Crippen molar-refractivity contribution in [2.45, 2.75) is 0 Å². The van der Waals surface area contributed by atoms with E-state index < -0.39 is 0 Å². The minimum absolute atomic E-state index is 0.835. The molecule has 0 saturated carbocycles. The van der Waals surface area contributed by atoms with Gasteiger partial charge in [-0.1, -0.05) is 152 Å². The van der Waals surface area contributed by atoms with E-state index >= 15 is 0 Å². The summed E-state index contributed by atoms with van der Waals surface area (Å²) in [5.74, 6) is 0. The first-order valence-electron chi connectivity index (χ1n) is 21.1. The largest absolute Gasteiger partial charge is 0.456 e. The van der Waals surface area contributed by atoms with Crippen LogP contribution in [0.3, 0.4) is 0 Å². The number of para-hydroxylation sites is 3. The second kappa shape index (κ2) is 13.6. The maximum Gasteiger partial charge on any atom is 0.143 e. The van der Waals surface area contributed by atoms with E-state index in [2.05, 4.69) is 210 Å². The lowest BCUT2D eigenvalue weighted by Crippen LogP contribution is -2.10. The summed E-state index contributed by atoms with van der Waals surface area (Å²) in [6.07, 6.45) is 0. The first-order valence-corrected chi connectivity index (χ1v) is 21.1. The van der Waals surface area contributed by atoms with Crippen LogP contribution in [0.15, 0.2) is 227 Å². The van der Waals surface area contributed by atoms with Gasteiger partial charge >= 0.3 is 0 Å². The van der Waals surface area contributed by atoms with Gasteiger partial charge in [0.15, 0.2) is 0 Å². The highest BCUT2D eigenvalue weighted by Gasteiger charge is 2.22. The van der Waals surface area contributed by atoms with Crippen LogP contribution < -0.4 is 4.90 Å². The summed E-state index contributed by atoms with van der Waals surface area (Å²) in [5.41, 5.74) is 14.5. The number of nitrogens with zero attached hydrogens (tertiary/aromatic N) is 2. The van der Waals surface area contributed by atoms with Crippen molar-refractivity contribution >= 4 is 93.5 Å². The standard InChI is InChI=1S/C58H36N2O2/c1-3-13-38(14-4-1)45-20-11-21-49-47-34-31-43(36-55(47)62-58(45)49)59(51-22-12-24-54-56(51)50-19-9-10-23-53(50)61-54)42-29-25-37(26-30-42)40-28-32-46-48-33-27-39-15-7-8-18-44(39)57(48)60(52(46)35-40)41-16-5-2-6-17-41/h1-36H. The maximum atomic E-state index is 6.80. The molecule has 0 amide bonds. The van der Waals surface area contributed by atoms with Crippen LogP contribution in [0.1, 0.15) is 0 Å². The number of fused-ring (bicyclic) bond motifs is 11. The van der Waals surface area contributed by atoms with Crippen LogP contribution in [-0.2, 0) is 0 Å². The summed E-state index contributed by atoms with van der Waals surface area (Å²) in [5, 5.41) is 9.28. The fourth-order valence-corrected chi connectivity index (χ4v) is 9.75. The predicted octanol–water partition coefficient (Wildman–Crippen LogP) is 16.5. The summed E-state index contributed by atoms with van der Waals surface area (Å²) >= 11 is 0.